The molecule has 0 N–H and O–H groups in total. The Morgan fingerprint density at radius 2 is 1.88 bits per heavy atom. The monoisotopic (exact) mass is 429 g/mol. The number of nitrogens with zero attached hydrogens (tertiary/aromatic N) is 1. The van der Waals surface area contributed by atoms with Gasteiger partial charge in [0.25, 0.3) is 0 Å². The molecule has 1 heterocycles. The molecule has 0 aliphatic heterocycles. The van der Waals surface area contributed by atoms with Gasteiger partial charge in [0, 0.05) is 11.6 Å². The Morgan fingerprint density at radius 1 is 1.06 bits per heavy atom. The highest BCUT2D eigenvalue weighted by molar-refractivity contribution is 6.70. The van der Waals surface area contributed by atoms with Crippen molar-refractivity contribution in [2.24, 2.45) is 5.92 Å². The molecule has 0 saturated carbocycles. The van der Waals surface area contributed by atoms with Gasteiger partial charge in [0.2, 0.25) is 0 Å². The number of hydrogen-bond acceptors (Lipinski definition) is 2. The molecule has 0 amide bonds. The summed E-state index contributed by atoms with van der Waals surface area (Å²) in [7, 11) is 0. The summed E-state index contributed by atoms with van der Waals surface area (Å²) < 4.78 is 6.79. The topological polar surface area (TPSA) is 22.1 Å². The average Bonchev–Trinajstić information content (AvgIpc) is 2.84. The number of rotatable bonds is 5. The van der Waals surface area contributed by atoms with Crippen LogP contribution in [0.5, 0.6) is 5.75 Å². The van der Waals surface area contributed by atoms with E-state index in [4.69, 9.17) is 4.65 Å². The maximum absolute atomic E-state index is 6.79. The number of hydrogen-bond donors (Lipinski definition) is 0. The van der Waals surface area contributed by atoms with Crippen LogP contribution in [0.25, 0.3) is 10.9 Å². The quantitative estimate of drug-likeness (QED) is 0.460. The van der Waals surface area contributed by atoms with E-state index in [-0.39, 0.29) is 12.8 Å². The van der Waals surface area contributed by atoms with Crippen LogP contribution in [0.2, 0.25) is 0 Å². The summed E-state index contributed by atoms with van der Waals surface area (Å²) in [6.07, 6.45) is 27.4. The molecule has 162 valence electrons. The zero-order valence-corrected chi connectivity index (χ0v) is 19.0. The van der Waals surface area contributed by atoms with E-state index in [1.165, 1.54) is 5.57 Å². The molecule has 0 fully saturated rings. The largest absolute Gasteiger partial charge is 0.550 e. The van der Waals surface area contributed by atoms with E-state index in [1.54, 1.807) is 6.20 Å². The van der Waals surface area contributed by atoms with Crippen molar-refractivity contribution in [2.45, 2.75) is 13.3 Å². The zero-order chi connectivity index (χ0) is 23.0. The van der Waals surface area contributed by atoms with Gasteiger partial charge in [-0.05, 0) is 46.6 Å². The average molecular weight is 429 g/mol. The van der Waals surface area contributed by atoms with E-state index in [9.17, 15) is 0 Å². The van der Waals surface area contributed by atoms with Gasteiger partial charge in [0.15, 0.2) is 0 Å². The van der Waals surface area contributed by atoms with Crippen molar-refractivity contribution in [3.05, 3.63) is 145 Å². The number of pyridine rings is 1. The van der Waals surface area contributed by atoms with Crippen molar-refractivity contribution in [3.63, 3.8) is 0 Å². The van der Waals surface area contributed by atoms with Gasteiger partial charge in [-0.15, -0.1) is 0 Å². The maximum Gasteiger partial charge on any atom is 0.422 e. The maximum atomic E-state index is 6.79. The molecular weight excluding hydrogens is 401 g/mol. The molecule has 1 aromatic heterocycles. The summed E-state index contributed by atoms with van der Waals surface area (Å²) in [6, 6.07) is 10.1. The van der Waals surface area contributed by atoms with Crippen LogP contribution in [0.15, 0.2) is 145 Å². The van der Waals surface area contributed by atoms with Crippen molar-refractivity contribution >= 4 is 17.8 Å². The van der Waals surface area contributed by atoms with E-state index in [1.807, 2.05) is 48.6 Å². The zero-order valence-electron chi connectivity index (χ0n) is 19.0. The first-order valence-electron chi connectivity index (χ1n) is 11.3. The number of para-hydroxylation sites is 1. The first-order chi connectivity index (χ1) is 16.2. The molecule has 0 spiro atoms. The molecule has 2 aliphatic rings. The fourth-order valence-electron chi connectivity index (χ4n) is 4.09. The summed E-state index contributed by atoms with van der Waals surface area (Å²) in [6.45, 7) is 10.1. The summed E-state index contributed by atoms with van der Waals surface area (Å²) in [4.78, 5) is 4.60. The standard InChI is InChI=1S/C30H28BNO/c1-4-28(27-20-9-8-15-24(27)3)31(26-18-7-5-6-13-23(2)14-10-19-26)33-29-21-11-16-25-17-12-22-32-30(25)29/h4-17,19-22,24H,1-2,18H2,3H3/b7-5-,13-6-,14-10-,26-19+,28-27+. The van der Waals surface area contributed by atoms with Gasteiger partial charge in [-0.2, -0.15) is 0 Å². The Hall–Kier alpha value is -3.85. The van der Waals surface area contributed by atoms with E-state index in [0.29, 0.717) is 0 Å². The smallest absolute Gasteiger partial charge is 0.422 e. The van der Waals surface area contributed by atoms with Crippen LogP contribution < -0.4 is 4.65 Å². The van der Waals surface area contributed by atoms with Gasteiger partial charge in [0.1, 0.15) is 11.3 Å². The minimum Gasteiger partial charge on any atom is -0.550 e. The summed E-state index contributed by atoms with van der Waals surface area (Å²) in [5, 5.41) is 1.05. The van der Waals surface area contributed by atoms with Crippen LogP contribution in [0, 0.1) is 5.92 Å². The molecule has 33 heavy (non-hydrogen) atoms. The van der Waals surface area contributed by atoms with Gasteiger partial charge in [-0.25, -0.2) is 0 Å². The number of aromatic nitrogens is 1. The second-order valence-corrected chi connectivity index (χ2v) is 8.14. The molecule has 1 atom stereocenters. The van der Waals surface area contributed by atoms with Gasteiger partial charge in [0.05, 0.1) is 0 Å². The number of allylic oxidation sites excluding steroid dienone is 16. The predicted molar refractivity (Wildman–Crippen MR) is 142 cm³/mol. The highest BCUT2D eigenvalue weighted by atomic mass is 16.4. The lowest BCUT2D eigenvalue weighted by molar-refractivity contribution is 0.587. The summed E-state index contributed by atoms with van der Waals surface area (Å²) in [5.74, 6) is 1.03. The van der Waals surface area contributed by atoms with Crippen LogP contribution in [-0.2, 0) is 0 Å². The molecule has 0 saturated heterocycles. The molecule has 4 rings (SSSR count). The Morgan fingerprint density at radius 3 is 2.73 bits per heavy atom. The van der Waals surface area contributed by atoms with Crippen LogP contribution >= 0.6 is 0 Å². The molecule has 3 heteroatoms. The minimum atomic E-state index is -0.310. The Kier molecular flexibility index (Phi) is 7.21. The first-order valence-corrected chi connectivity index (χ1v) is 11.3. The van der Waals surface area contributed by atoms with Gasteiger partial charge in [-0.1, -0.05) is 111 Å². The van der Waals surface area contributed by atoms with Crippen molar-refractivity contribution in [1.29, 1.82) is 0 Å². The SMILES string of the molecule is C=C/C(B(Oc1cccc2cccnc12)/C1=C/C=C\C(=C)/C=C\C=C/C1)=C1/C=CC=CC1C. The highest BCUT2D eigenvalue weighted by Gasteiger charge is 2.30. The Bertz CT molecular complexity index is 1260. The van der Waals surface area contributed by atoms with Crippen LogP contribution in [0.3, 0.4) is 0 Å². The van der Waals surface area contributed by atoms with E-state index >= 15 is 0 Å². The second kappa shape index (κ2) is 10.6. The van der Waals surface area contributed by atoms with Crippen molar-refractivity contribution in [1.82, 2.24) is 4.98 Å². The van der Waals surface area contributed by atoms with Crippen molar-refractivity contribution < 1.29 is 4.65 Å². The molecule has 2 aromatic rings. The van der Waals surface area contributed by atoms with Gasteiger partial charge in [-0.3, -0.25) is 4.98 Å². The van der Waals surface area contributed by atoms with Crippen molar-refractivity contribution in [2.75, 3.05) is 0 Å². The van der Waals surface area contributed by atoms with Crippen LogP contribution in [0.1, 0.15) is 13.3 Å². The van der Waals surface area contributed by atoms with E-state index in [2.05, 4.69) is 79.7 Å². The Balaban J connectivity index is 1.85. The second-order valence-electron chi connectivity index (χ2n) is 8.14. The van der Waals surface area contributed by atoms with E-state index < -0.39 is 0 Å². The minimum absolute atomic E-state index is 0.272. The molecular formula is C30H28BNO. The van der Waals surface area contributed by atoms with Gasteiger partial charge < -0.3 is 4.65 Å². The lowest BCUT2D eigenvalue weighted by atomic mass is 9.50. The first kappa shape index (κ1) is 22.4. The lowest BCUT2D eigenvalue weighted by Crippen LogP contribution is -2.30. The third-order valence-electron chi connectivity index (χ3n) is 5.82. The third-order valence-corrected chi connectivity index (χ3v) is 5.82. The van der Waals surface area contributed by atoms with Gasteiger partial charge >= 0.3 is 6.92 Å². The molecule has 2 nitrogen and oxygen atoms in total. The fourth-order valence-corrected chi connectivity index (χ4v) is 4.09. The predicted octanol–water partition coefficient (Wildman–Crippen LogP) is 7.48. The molecule has 2 aliphatic carbocycles. The third kappa shape index (κ3) is 5.32. The lowest BCUT2D eigenvalue weighted by Gasteiger charge is -2.24. The normalized spacial score (nSPS) is 23.8. The van der Waals surface area contributed by atoms with Crippen LogP contribution in [-0.4, -0.2) is 11.9 Å². The summed E-state index contributed by atoms with van der Waals surface area (Å²) >= 11 is 0. The van der Waals surface area contributed by atoms with Crippen molar-refractivity contribution in [3.8, 4) is 5.75 Å². The molecule has 1 unspecified atom stereocenters. The summed E-state index contributed by atoms with van der Waals surface area (Å²) in [5.41, 5.74) is 5.21. The highest BCUT2D eigenvalue weighted by Crippen LogP contribution is 2.31. The molecule has 0 bridgehead atoms. The number of benzene rings is 1. The Labute approximate surface area is 197 Å². The number of fused-ring (bicyclic) bond motifs is 1. The fraction of sp³-hybridized carbons (Fsp3) is 0.100. The van der Waals surface area contributed by atoms with Crippen LogP contribution in [0.4, 0.5) is 0 Å². The molecule has 1 aromatic carbocycles. The van der Waals surface area contributed by atoms with E-state index in [0.717, 1.165) is 39.6 Å². The molecule has 0 radical (unpaired) electrons.